The van der Waals surface area contributed by atoms with Gasteiger partial charge in [0.1, 0.15) is 11.4 Å². The van der Waals surface area contributed by atoms with E-state index in [0.29, 0.717) is 10.9 Å². The molecule has 0 unspecified atom stereocenters. The molecule has 1 amide bonds. The maximum absolute atomic E-state index is 14.2. The number of nitrogens with zero attached hydrogens (tertiary/aromatic N) is 3. The van der Waals surface area contributed by atoms with Crippen molar-refractivity contribution in [1.82, 2.24) is 14.8 Å². The van der Waals surface area contributed by atoms with Crippen molar-refractivity contribution in [2.75, 3.05) is 5.32 Å². The topological polar surface area (TPSA) is 59.8 Å². The SMILES string of the molecule is CCC[C@H]1CC[C@H](n2cc3cc(NC(=O)c4cccc(C(C)(C)F)n4)c(C(F)F)cc3n2)CC1. The normalized spacial score (nSPS) is 19.0. The van der Waals surface area contributed by atoms with Crippen LogP contribution in [0.25, 0.3) is 10.9 Å². The lowest BCUT2D eigenvalue weighted by Crippen LogP contribution is -2.18. The first kappa shape index (κ1) is 24.2. The molecule has 0 atom stereocenters. The molecule has 1 saturated carbocycles. The van der Waals surface area contributed by atoms with Gasteiger partial charge in [-0.3, -0.25) is 9.48 Å². The number of carbonyl (C=O) groups is 1. The zero-order valence-corrected chi connectivity index (χ0v) is 19.8. The first-order valence-corrected chi connectivity index (χ1v) is 11.9. The molecule has 0 radical (unpaired) electrons. The number of carbonyl (C=O) groups excluding carboxylic acids is 1. The summed E-state index contributed by atoms with van der Waals surface area (Å²) >= 11 is 0. The fourth-order valence-electron chi connectivity index (χ4n) is 4.77. The third-order valence-corrected chi connectivity index (χ3v) is 6.65. The smallest absolute Gasteiger partial charge is 0.274 e. The minimum atomic E-state index is -2.79. The van der Waals surface area contributed by atoms with Gasteiger partial charge >= 0.3 is 0 Å². The maximum atomic E-state index is 14.2. The van der Waals surface area contributed by atoms with Crippen LogP contribution in [0, 0.1) is 5.92 Å². The van der Waals surface area contributed by atoms with Crippen LogP contribution in [-0.4, -0.2) is 20.7 Å². The molecule has 1 N–H and O–H groups in total. The number of anilines is 1. The number of amides is 1. The van der Waals surface area contributed by atoms with Gasteiger partial charge in [0, 0.05) is 17.1 Å². The van der Waals surface area contributed by atoms with Gasteiger partial charge in [0.05, 0.1) is 22.9 Å². The molecule has 2 aromatic heterocycles. The van der Waals surface area contributed by atoms with E-state index in [1.807, 2.05) is 10.9 Å². The summed E-state index contributed by atoms with van der Waals surface area (Å²) in [6.45, 7) is 4.89. The van der Waals surface area contributed by atoms with Crippen LogP contribution in [0.2, 0.25) is 0 Å². The van der Waals surface area contributed by atoms with Crippen LogP contribution in [0.3, 0.4) is 0 Å². The maximum Gasteiger partial charge on any atom is 0.274 e. The molecule has 182 valence electrons. The average molecular weight is 473 g/mol. The van der Waals surface area contributed by atoms with E-state index >= 15 is 0 Å². The molecule has 3 aromatic rings. The molecule has 0 spiro atoms. The Kier molecular flexibility index (Phi) is 6.96. The summed E-state index contributed by atoms with van der Waals surface area (Å²) in [6, 6.07) is 7.56. The molecule has 2 heterocycles. The number of halogens is 3. The Labute approximate surface area is 197 Å². The van der Waals surface area contributed by atoms with Crippen molar-refractivity contribution in [2.24, 2.45) is 5.92 Å². The number of rotatable bonds is 7. The number of nitrogens with one attached hydrogen (secondary N) is 1. The van der Waals surface area contributed by atoms with Crippen LogP contribution >= 0.6 is 0 Å². The van der Waals surface area contributed by atoms with E-state index in [1.165, 1.54) is 57.0 Å². The van der Waals surface area contributed by atoms with Crippen LogP contribution in [-0.2, 0) is 5.67 Å². The highest BCUT2D eigenvalue weighted by molar-refractivity contribution is 6.04. The number of pyridine rings is 1. The Morgan fingerprint density at radius 1 is 1.21 bits per heavy atom. The van der Waals surface area contributed by atoms with Crippen LogP contribution in [0.15, 0.2) is 36.5 Å². The summed E-state index contributed by atoms with van der Waals surface area (Å²) in [4.78, 5) is 16.8. The molecule has 4 rings (SSSR count). The molecule has 5 nitrogen and oxygen atoms in total. The summed E-state index contributed by atoms with van der Waals surface area (Å²) in [7, 11) is 0. The summed E-state index contributed by atoms with van der Waals surface area (Å²) in [6.07, 6.45) is 5.87. The predicted octanol–water partition coefficient (Wildman–Crippen LogP) is 7.36. The molecule has 1 aromatic carbocycles. The van der Waals surface area contributed by atoms with Crippen molar-refractivity contribution in [1.29, 1.82) is 0 Å². The third-order valence-electron chi connectivity index (χ3n) is 6.65. The molecule has 0 aliphatic heterocycles. The van der Waals surface area contributed by atoms with Crippen LogP contribution < -0.4 is 5.32 Å². The van der Waals surface area contributed by atoms with Gasteiger partial charge in [-0.25, -0.2) is 18.2 Å². The minimum Gasteiger partial charge on any atom is -0.320 e. The van der Waals surface area contributed by atoms with Crippen molar-refractivity contribution in [2.45, 2.75) is 77.4 Å². The average Bonchev–Trinajstić information content (AvgIpc) is 3.21. The molecular formula is C26H31F3N4O. The summed E-state index contributed by atoms with van der Waals surface area (Å²) in [5.74, 6) is 0.0857. The molecule has 1 aliphatic rings. The Morgan fingerprint density at radius 2 is 1.94 bits per heavy atom. The zero-order chi connectivity index (χ0) is 24.5. The number of aromatic nitrogens is 3. The first-order chi connectivity index (χ1) is 16.2. The Hall–Kier alpha value is -2.90. The van der Waals surface area contributed by atoms with Gasteiger partial charge in [0.25, 0.3) is 12.3 Å². The molecule has 0 bridgehead atoms. The number of alkyl halides is 3. The van der Waals surface area contributed by atoms with Crippen LogP contribution in [0.1, 0.15) is 93.5 Å². The molecular weight excluding hydrogens is 441 g/mol. The molecule has 34 heavy (non-hydrogen) atoms. The van der Waals surface area contributed by atoms with Gasteiger partial charge in [-0.2, -0.15) is 5.10 Å². The van der Waals surface area contributed by atoms with Crippen molar-refractivity contribution >= 4 is 22.5 Å². The standard InChI is InChI=1S/C26H31F3N4O/c1-4-6-16-9-11-18(12-10-16)33-15-17-13-22(19(24(27)28)14-21(17)32-33)31-25(34)20-7-5-8-23(30-20)26(2,3)29/h5,7-8,13-16,18,24H,4,6,9-12H2,1-3H3,(H,31,34)/t16-,18-. The van der Waals surface area contributed by atoms with E-state index in [1.54, 1.807) is 0 Å². The first-order valence-electron chi connectivity index (χ1n) is 11.9. The fraction of sp³-hybridized carbons (Fsp3) is 0.500. The van der Waals surface area contributed by atoms with Crippen molar-refractivity contribution < 1.29 is 18.0 Å². The molecule has 8 heteroatoms. The van der Waals surface area contributed by atoms with Gasteiger partial charge in [-0.15, -0.1) is 0 Å². The summed E-state index contributed by atoms with van der Waals surface area (Å²) in [5.41, 5.74) is -1.50. The van der Waals surface area contributed by atoms with E-state index in [2.05, 4.69) is 22.3 Å². The number of fused-ring (bicyclic) bond motifs is 1. The predicted molar refractivity (Wildman–Crippen MR) is 127 cm³/mol. The minimum absolute atomic E-state index is 0.00501. The van der Waals surface area contributed by atoms with Crippen molar-refractivity contribution in [3.05, 3.63) is 53.5 Å². The molecule has 1 aliphatic carbocycles. The second-order valence-corrected chi connectivity index (χ2v) is 9.71. The van der Waals surface area contributed by atoms with E-state index in [9.17, 15) is 18.0 Å². The van der Waals surface area contributed by atoms with Crippen LogP contribution in [0.5, 0.6) is 0 Å². The quantitative estimate of drug-likeness (QED) is 0.391. The van der Waals surface area contributed by atoms with E-state index in [4.69, 9.17) is 0 Å². The van der Waals surface area contributed by atoms with Crippen LogP contribution in [0.4, 0.5) is 18.9 Å². The largest absolute Gasteiger partial charge is 0.320 e. The second-order valence-electron chi connectivity index (χ2n) is 9.71. The van der Waals surface area contributed by atoms with Gasteiger partial charge in [-0.05, 0) is 69.7 Å². The lowest BCUT2D eigenvalue weighted by Gasteiger charge is -2.28. The summed E-state index contributed by atoms with van der Waals surface area (Å²) in [5, 5.41) is 7.81. The van der Waals surface area contributed by atoms with Crippen molar-refractivity contribution in [3.63, 3.8) is 0 Å². The van der Waals surface area contributed by atoms with Crippen molar-refractivity contribution in [3.8, 4) is 0 Å². The highest BCUT2D eigenvalue weighted by atomic mass is 19.3. The zero-order valence-electron chi connectivity index (χ0n) is 19.8. The highest BCUT2D eigenvalue weighted by Gasteiger charge is 2.25. The lowest BCUT2D eigenvalue weighted by atomic mass is 9.83. The third kappa shape index (κ3) is 5.26. The Morgan fingerprint density at radius 3 is 2.59 bits per heavy atom. The van der Waals surface area contributed by atoms with Gasteiger partial charge in [0.15, 0.2) is 0 Å². The highest BCUT2D eigenvalue weighted by Crippen LogP contribution is 2.36. The molecule has 1 fully saturated rings. The summed E-state index contributed by atoms with van der Waals surface area (Å²) < 4.78 is 43.8. The second kappa shape index (κ2) is 9.76. The van der Waals surface area contributed by atoms with E-state index < -0.39 is 18.0 Å². The number of hydrogen-bond acceptors (Lipinski definition) is 3. The van der Waals surface area contributed by atoms with Gasteiger partial charge < -0.3 is 5.32 Å². The Bertz CT molecular complexity index is 1160. The van der Waals surface area contributed by atoms with Gasteiger partial charge in [-0.1, -0.05) is 25.8 Å². The number of hydrogen-bond donors (Lipinski definition) is 1. The van der Waals surface area contributed by atoms with E-state index in [0.717, 1.165) is 31.6 Å². The Balaban J connectivity index is 1.59. The van der Waals surface area contributed by atoms with E-state index in [-0.39, 0.29) is 28.7 Å². The number of benzene rings is 1. The van der Waals surface area contributed by atoms with Gasteiger partial charge in [0.2, 0.25) is 0 Å². The fourth-order valence-corrected chi connectivity index (χ4v) is 4.77. The monoisotopic (exact) mass is 472 g/mol. The lowest BCUT2D eigenvalue weighted by molar-refractivity contribution is 0.102. The molecule has 0 saturated heterocycles.